The number of sulfonamides is 1. The molecule has 24 heavy (non-hydrogen) atoms. The van der Waals surface area contributed by atoms with Crippen molar-refractivity contribution in [1.82, 2.24) is 15.4 Å². The number of rotatable bonds is 5. The highest BCUT2D eigenvalue weighted by Gasteiger charge is 2.28. The second-order valence-corrected chi connectivity index (χ2v) is 8.68. The van der Waals surface area contributed by atoms with Crippen molar-refractivity contribution in [3.63, 3.8) is 0 Å². The van der Waals surface area contributed by atoms with Gasteiger partial charge in [-0.3, -0.25) is 4.79 Å². The smallest absolute Gasteiger partial charge is 0.241 e. The molecule has 1 fully saturated rings. The molecule has 0 radical (unpaired) electrons. The number of aliphatic hydroxyl groups is 1. The first-order valence-corrected chi connectivity index (χ1v) is 9.38. The van der Waals surface area contributed by atoms with Gasteiger partial charge in [-0.15, -0.1) is 0 Å². The van der Waals surface area contributed by atoms with E-state index in [4.69, 9.17) is 0 Å². The van der Waals surface area contributed by atoms with Crippen LogP contribution in [0, 0.1) is 0 Å². The molecule has 1 amide bonds. The van der Waals surface area contributed by atoms with Crippen molar-refractivity contribution >= 4 is 15.9 Å². The number of amides is 1. The van der Waals surface area contributed by atoms with Gasteiger partial charge in [0.05, 0.1) is 17.0 Å². The molecular weight excluding hydrogens is 330 g/mol. The lowest BCUT2D eigenvalue weighted by atomic mass is 10.1. The van der Waals surface area contributed by atoms with E-state index < -0.39 is 27.7 Å². The molecule has 0 aromatic heterocycles. The molecule has 1 saturated heterocycles. The molecule has 0 bridgehead atoms. The summed E-state index contributed by atoms with van der Waals surface area (Å²) in [7, 11) is -3.68. The van der Waals surface area contributed by atoms with Crippen molar-refractivity contribution in [1.29, 1.82) is 0 Å². The fraction of sp³-hybridized carbons (Fsp3) is 0.562. The van der Waals surface area contributed by atoms with Crippen LogP contribution in [-0.2, 0) is 21.4 Å². The van der Waals surface area contributed by atoms with Crippen molar-refractivity contribution in [3.8, 4) is 0 Å². The maximum atomic E-state index is 12.5. The minimum atomic E-state index is -3.68. The van der Waals surface area contributed by atoms with Gasteiger partial charge in [-0.2, -0.15) is 0 Å². The van der Waals surface area contributed by atoms with Crippen molar-refractivity contribution in [2.75, 3.05) is 6.54 Å². The average molecular weight is 355 g/mol. The molecule has 0 saturated carbocycles. The van der Waals surface area contributed by atoms with E-state index in [0.717, 1.165) is 0 Å². The second kappa shape index (κ2) is 7.18. The van der Waals surface area contributed by atoms with Gasteiger partial charge < -0.3 is 15.7 Å². The highest BCUT2D eigenvalue weighted by Crippen LogP contribution is 2.18. The SMILES string of the molecule is CC(C)(C)NS(=O)(=O)c1ccccc1CNC(=O)C1CC(O)CN1. The maximum Gasteiger partial charge on any atom is 0.241 e. The highest BCUT2D eigenvalue weighted by molar-refractivity contribution is 7.89. The van der Waals surface area contributed by atoms with Crippen LogP contribution in [0.1, 0.15) is 32.8 Å². The third-order valence-corrected chi connectivity index (χ3v) is 5.44. The van der Waals surface area contributed by atoms with Crippen LogP contribution in [0.2, 0.25) is 0 Å². The summed E-state index contributed by atoms with van der Waals surface area (Å²) in [5, 5.41) is 15.1. The van der Waals surface area contributed by atoms with Gasteiger partial charge >= 0.3 is 0 Å². The summed E-state index contributed by atoms with van der Waals surface area (Å²) in [6, 6.07) is 6.13. The number of benzene rings is 1. The Hall–Kier alpha value is -1.48. The van der Waals surface area contributed by atoms with Gasteiger partial charge in [-0.05, 0) is 38.8 Å². The van der Waals surface area contributed by atoms with Crippen LogP contribution in [0.25, 0.3) is 0 Å². The summed E-state index contributed by atoms with van der Waals surface area (Å²) in [5.41, 5.74) is -0.0832. The van der Waals surface area contributed by atoms with E-state index in [1.54, 1.807) is 39.0 Å². The number of hydrogen-bond acceptors (Lipinski definition) is 5. The predicted octanol–water partition coefficient (Wildman–Crippen LogP) is 0.102. The standard InChI is InChI=1S/C16H25N3O4S/c1-16(2,3)19-24(22,23)14-7-5-4-6-11(14)9-18-15(21)13-8-12(20)10-17-13/h4-7,12-13,17,19-20H,8-10H2,1-3H3,(H,18,21). The van der Waals surface area contributed by atoms with Gasteiger partial charge in [0.1, 0.15) is 0 Å². The summed E-state index contributed by atoms with van der Waals surface area (Å²) in [4.78, 5) is 12.3. The van der Waals surface area contributed by atoms with Crippen LogP contribution in [0.4, 0.5) is 0 Å². The van der Waals surface area contributed by atoms with E-state index in [-0.39, 0.29) is 17.3 Å². The fourth-order valence-corrected chi connectivity index (χ4v) is 4.25. The Kier molecular flexibility index (Phi) is 5.64. The summed E-state index contributed by atoms with van der Waals surface area (Å²) >= 11 is 0. The molecule has 2 atom stereocenters. The molecule has 0 spiro atoms. The minimum absolute atomic E-state index is 0.105. The molecule has 134 valence electrons. The van der Waals surface area contributed by atoms with Crippen molar-refractivity contribution < 1.29 is 18.3 Å². The second-order valence-electron chi connectivity index (χ2n) is 7.03. The maximum absolute atomic E-state index is 12.5. The molecule has 8 heteroatoms. The normalized spacial score (nSPS) is 21.7. The topological polar surface area (TPSA) is 108 Å². The van der Waals surface area contributed by atoms with Crippen molar-refractivity contribution in [2.24, 2.45) is 0 Å². The van der Waals surface area contributed by atoms with E-state index in [9.17, 15) is 18.3 Å². The zero-order valence-electron chi connectivity index (χ0n) is 14.2. The number of nitrogens with one attached hydrogen (secondary N) is 3. The van der Waals surface area contributed by atoms with E-state index in [1.165, 1.54) is 6.07 Å². The Morgan fingerprint density at radius 1 is 1.33 bits per heavy atom. The van der Waals surface area contributed by atoms with Crippen LogP contribution in [-0.4, -0.2) is 43.7 Å². The van der Waals surface area contributed by atoms with Gasteiger partial charge in [0.15, 0.2) is 0 Å². The Bertz CT molecular complexity index is 698. The summed E-state index contributed by atoms with van der Waals surface area (Å²) in [6.45, 7) is 5.80. The molecule has 0 aliphatic carbocycles. The lowest BCUT2D eigenvalue weighted by molar-refractivity contribution is -0.123. The quantitative estimate of drug-likeness (QED) is 0.599. The van der Waals surface area contributed by atoms with Crippen molar-refractivity contribution in [3.05, 3.63) is 29.8 Å². The molecule has 7 nitrogen and oxygen atoms in total. The molecule has 2 rings (SSSR count). The van der Waals surface area contributed by atoms with E-state index >= 15 is 0 Å². The third-order valence-electron chi connectivity index (χ3n) is 3.58. The first-order valence-electron chi connectivity index (χ1n) is 7.89. The number of hydrogen-bond donors (Lipinski definition) is 4. The zero-order chi connectivity index (χ0) is 18.0. The monoisotopic (exact) mass is 355 g/mol. The fourth-order valence-electron chi connectivity index (χ4n) is 2.59. The Morgan fingerprint density at radius 2 is 2.00 bits per heavy atom. The lowest BCUT2D eigenvalue weighted by Crippen LogP contribution is -2.42. The summed E-state index contributed by atoms with van der Waals surface area (Å²) in [6.07, 6.45) is -0.165. The van der Waals surface area contributed by atoms with Crippen molar-refractivity contribution in [2.45, 2.75) is 56.3 Å². The van der Waals surface area contributed by atoms with Gasteiger partial charge in [0.25, 0.3) is 0 Å². The Labute approximate surface area is 142 Å². The predicted molar refractivity (Wildman–Crippen MR) is 90.8 cm³/mol. The molecule has 1 heterocycles. The van der Waals surface area contributed by atoms with E-state index in [2.05, 4.69) is 15.4 Å². The average Bonchev–Trinajstić information content (AvgIpc) is 2.89. The highest BCUT2D eigenvalue weighted by atomic mass is 32.2. The molecule has 4 N–H and O–H groups in total. The van der Waals surface area contributed by atoms with E-state index in [1.807, 2.05) is 0 Å². The Morgan fingerprint density at radius 3 is 2.58 bits per heavy atom. The number of β-amino-alcohol motifs (C(OH)–C–C–N with tert-alkyl or cyclic N) is 1. The zero-order valence-corrected chi connectivity index (χ0v) is 15.0. The molecule has 1 aliphatic heterocycles. The third kappa shape index (κ3) is 5.01. The van der Waals surface area contributed by atoms with Crippen LogP contribution >= 0.6 is 0 Å². The summed E-state index contributed by atoms with van der Waals surface area (Å²) < 4.78 is 27.7. The van der Waals surface area contributed by atoms with Gasteiger partial charge in [0, 0.05) is 18.6 Å². The molecule has 1 aliphatic rings. The largest absolute Gasteiger partial charge is 0.392 e. The van der Waals surface area contributed by atoms with Crippen LogP contribution in [0.5, 0.6) is 0 Å². The lowest BCUT2D eigenvalue weighted by Gasteiger charge is -2.21. The van der Waals surface area contributed by atoms with Gasteiger partial charge in [-0.25, -0.2) is 13.1 Å². The van der Waals surface area contributed by atoms with Crippen LogP contribution in [0.15, 0.2) is 29.2 Å². The van der Waals surface area contributed by atoms with Crippen LogP contribution < -0.4 is 15.4 Å². The molecule has 2 unspecified atom stereocenters. The van der Waals surface area contributed by atoms with Gasteiger partial charge in [-0.1, -0.05) is 18.2 Å². The van der Waals surface area contributed by atoms with E-state index in [0.29, 0.717) is 18.5 Å². The van der Waals surface area contributed by atoms with Gasteiger partial charge in [0.2, 0.25) is 15.9 Å². The Balaban J connectivity index is 2.10. The first kappa shape index (κ1) is 18.9. The van der Waals surface area contributed by atoms with Crippen LogP contribution in [0.3, 0.4) is 0 Å². The molecule has 1 aromatic rings. The molecule has 1 aromatic carbocycles. The number of carbonyl (C=O) groups is 1. The summed E-state index contributed by atoms with van der Waals surface area (Å²) in [5.74, 6) is -0.248. The molecular formula is C16H25N3O4S. The number of aliphatic hydroxyl groups excluding tert-OH is 1. The minimum Gasteiger partial charge on any atom is -0.392 e. The number of carbonyl (C=O) groups excluding carboxylic acids is 1. The first-order chi connectivity index (χ1) is 11.1.